The largest absolute Gasteiger partial charge is 0.496 e. The molecule has 100 valence electrons. The number of Topliss-reactive ketones (excluding diaryl/α,β-unsaturated/α-hetero) is 1. The van der Waals surface area contributed by atoms with Crippen molar-refractivity contribution in [2.75, 3.05) is 7.11 Å². The Morgan fingerprint density at radius 1 is 1.42 bits per heavy atom. The van der Waals surface area contributed by atoms with Gasteiger partial charge in [0.25, 0.3) is 0 Å². The van der Waals surface area contributed by atoms with Gasteiger partial charge < -0.3 is 4.74 Å². The molecule has 2 rings (SSSR count). The fourth-order valence-electron chi connectivity index (χ4n) is 2.00. The van der Waals surface area contributed by atoms with Gasteiger partial charge in [0.1, 0.15) is 5.75 Å². The summed E-state index contributed by atoms with van der Waals surface area (Å²) in [6.07, 6.45) is 3.90. The molecule has 0 radical (unpaired) electrons. The summed E-state index contributed by atoms with van der Waals surface area (Å²) in [6.45, 7) is 4.49. The molecule has 0 saturated carbocycles. The van der Waals surface area contributed by atoms with E-state index in [1.807, 2.05) is 26.0 Å². The number of carbonyl (C=O) groups excluding carboxylic acids is 1. The van der Waals surface area contributed by atoms with Gasteiger partial charge in [-0.25, -0.2) is 0 Å². The van der Waals surface area contributed by atoms with Crippen LogP contribution in [0, 0.1) is 6.92 Å². The maximum atomic E-state index is 11.6. The fourth-order valence-corrected chi connectivity index (χ4v) is 2.00. The highest BCUT2D eigenvalue weighted by atomic mass is 16.5. The standard InChI is InChI=1S/C15H18N2O2/c1-4-14(18)13-8-16-17(10-13)9-12-7-11(2)5-6-15(12)19-3/h5-8,10H,4,9H2,1-3H3. The topological polar surface area (TPSA) is 44.1 Å². The number of hydrogen-bond donors (Lipinski definition) is 0. The number of aromatic nitrogens is 2. The van der Waals surface area contributed by atoms with E-state index in [2.05, 4.69) is 11.2 Å². The number of carbonyl (C=O) groups is 1. The van der Waals surface area contributed by atoms with Crippen LogP contribution in [0.2, 0.25) is 0 Å². The minimum atomic E-state index is 0.113. The Morgan fingerprint density at radius 3 is 2.89 bits per heavy atom. The number of aryl methyl sites for hydroxylation is 1. The van der Waals surface area contributed by atoms with Gasteiger partial charge in [0.05, 0.1) is 25.4 Å². The third kappa shape index (κ3) is 3.02. The van der Waals surface area contributed by atoms with Crippen molar-refractivity contribution in [2.45, 2.75) is 26.8 Å². The summed E-state index contributed by atoms with van der Waals surface area (Å²) < 4.78 is 7.10. The van der Waals surface area contributed by atoms with Crippen molar-refractivity contribution in [3.63, 3.8) is 0 Å². The Kier molecular flexibility index (Phi) is 4.00. The van der Waals surface area contributed by atoms with E-state index in [-0.39, 0.29) is 5.78 Å². The first kappa shape index (κ1) is 13.3. The van der Waals surface area contributed by atoms with Crippen molar-refractivity contribution in [3.8, 4) is 5.75 Å². The number of nitrogens with zero attached hydrogens (tertiary/aromatic N) is 2. The molecule has 0 bridgehead atoms. The van der Waals surface area contributed by atoms with E-state index >= 15 is 0 Å². The number of ketones is 1. The number of methoxy groups -OCH3 is 1. The molecule has 0 saturated heterocycles. The van der Waals surface area contributed by atoms with Crippen LogP contribution in [-0.2, 0) is 6.54 Å². The Hall–Kier alpha value is -2.10. The Balaban J connectivity index is 2.23. The fraction of sp³-hybridized carbons (Fsp3) is 0.333. The first-order valence-electron chi connectivity index (χ1n) is 6.33. The summed E-state index contributed by atoms with van der Waals surface area (Å²) in [5, 5.41) is 4.23. The third-order valence-electron chi connectivity index (χ3n) is 3.04. The van der Waals surface area contributed by atoms with Crippen LogP contribution in [0.4, 0.5) is 0 Å². The highest BCUT2D eigenvalue weighted by Crippen LogP contribution is 2.20. The van der Waals surface area contributed by atoms with Crippen LogP contribution in [0.5, 0.6) is 5.75 Å². The van der Waals surface area contributed by atoms with E-state index in [1.54, 1.807) is 24.2 Å². The molecule has 0 spiro atoms. The van der Waals surface area contributed by atoms with Crippen LogP contribution in [0.25, 0.3) is 0 Å². The van der Waals surface area contributed by atoms with E-state index in [4.69, 9.17) is 4.74 Å². The number of rotatable bonds is 5. The zero-order valence-corrected chi connectivity index (χ0v) is 11.5. The quantitative estimate of drug-likeness (QED) is 0.775. The minimum absolute atomic E-state index is 0.113. The van der Waals surface area contributed by atoms with Crippen LogP contribution in [0.3, 0.4) is 0 Å². The summed E-state index contributed by atoms with van der Waals surface area (Å²) in [5.41, 5.74) is 2.89. The molecular weight excluding hydrogens is 240 g/mol. The Labute approximate surface area is 113 Å². The molecule has 1 heterocycles. The van der Waals surface area contributed by atoms with E-state index in [0.29, 0.717) is 18.5 Å². The van der Waals surface area contributed by atoms with Crippen LogP contribution < -0.4 is 4.74 Å². The lowest BCUT2D eigenvalue weighted by molar-refractivity contribution is 0.0988. The second-order valence-corrected chi connectivity index (χ2v) is 4.52. The molecule has 0 aliphatic carbocycles. The molecular formula is C15H18N2O2. The predicted octanol–water partition coefficient (Wildman–Crippen LogP) is 2.84. The van der Waals surface area contributed by atoms with Gasteiger partial charge in [-0.05, 0) is 13.0 Å². The van der Waals surface area contributed by atoms with Crippen LogP contribution >= 0.6 is 0 Å². The van der Waals surface area contributed by atoms with Gasteiger partial charge in [-0.2, -0.15) is 5.10 Å². The smallest absolute Gasteiger partial charge is 0.165 e. The average Bonchev–Trinajstić information content (AvgIpc) is 2.86. The lowest BCUT2D eigenvalue weighted by Crippen LogP contribution is -2.03. The van der Waals surface area contributed by atoms with Crippen LogP contribution in [-0.4, -0.2) is 22.7 Å². The molecule has 0 atom stereocenters. The summed E-state index contributed by atoms with van der Waals surface area (Å²) >= 11 is 0. The molecule has 0 amide bonds. The zero-order chi connectivity index (χ0) is 13.8. The summed E-state index contributed by atoms with van der Waals surface area (Å²) in [5.74, 6) is 0.951. The highest BCUT2D eigenvalue weighted by molar-refractivity contribution is 5.95. The molecule has 0 aliphatic rings. The molecule has 2 aromatic rings. The van der Waals surface area contributed by atoms with E-state index in [1.165, 1.54) is 5.56 Å². The Morgan fingerprint density at radius 2 is 2.21 bits per heavy atom. The molecule has 4 heteroatoms. The maximum absolute atomic E-state index is 11.6. The average molecular weight is 258 g/mol. The monoisotopic (exact) mass is 258 g/mol. The maximum Gasteiger partial charge on any atom is 0.165 e. The van der Waals surface area contributed by atoms with Gasteiger partial charge in [0.15, 0.2) is 5.78 Å². The highest BCUT2D eigenvalue weighted by Gasteiger charge is 2.08. The van der Waals surface area contributed by atoms with Gasteiger partial charge in [-0.1, -0.05) is 24.6 Å². The minimum Gasteiger partial charge on any atom is -0.496 e. The third-order valence-corrected chi connectivity index (χ3v) is 3.04. The predicted molar refractivity (Wildman–Crippen MR) is 73.7 cm³/mol. The van der Waals surface area contributed by atoms with Crippen molar-refractivity contribution >= 4 is 5.78 Å². The van der Waals surface area contributed by atoms with Crippen molar-refractivity contribution in [1.82, 2.24) is 9.78 Å². The lowest BCUT2D eigenvalue weighted by atomic mass is 10.1. The second-order valence-electron chi connectivity index (χ2n) is 4.52. The normalized spacial score (nSPS) is 10.5. The van der Waals surface area contributed by atoms with Gasteiger partial charge >= 0.3 is 0 Å². The summed E-state index contributed by atoms with van der Waals surface area (Å²) in [6, 6.07) is 6.03. The number of ether oxygens (including phenoxy) is 1. The van der Waals surface area contributed by atoms with Crippen molar-refractivity contribution in [3.05, 3.63) is 47.3 Å². The van der Waals surface area contributed by atoms with Gasteiger partial charge in [0, 0.05) is 18.2 Å². The van der Waals surface area contributed by atoms with Crippen molar-refractivity contribution < 1.29 is 9.53 Å². The SMILES string of the molecule is CCC(=O)c1cnn(Cc2cc(C)ccc2OC)c1. The van der Waals surface area contributed by atoms with E-state index < -0.39 is 0 Å². The lowest BCUT2D eigenvalue weighted by Gasteiger charge is -2.09. The molecule has 0 N–H and O–H groups in total. The van der Waals surface area contributed by atoms with Crippen LogP contribution in [0.1, 0.15) is 34.8 Å². The number of benzene rings is 1. The van der Waals surface area contributed by atoms with Gasteiger partial charge in [0.2, 0.25) is 0 Å². The van der Waals surface area contributed by atoms with Gasteiger partial charge in [-0.3, -0.25) is 9.48 Å². The Bertz CT molecular complexity index is 588. The van der Waals surface area contributed by atoms with Gasteiger partial charge in [-0.15, -0.1) is 0 Å². The molecule has 19 heavy (non-hydrogen) atoms. The first-order chi connectivity index (χ1) is 9.13. The molecule has 0 fully saturated rings. The molecule has 4 nitrogen and oxygen atoms in total. The molecule has 1 aromatic carbocycles. The molecule has 0 aliphatic heterocycles. The second kappa shape index (κ2) is 5.69. The van der Waals surface area contributed by atoms with E-state index in [0.717, 1.165) is 11.3 Å². The van der Waals surface area contributed by atoms with Crippen molar-refractivity contribution in [2.24, 2.45) is 0 Å². The van der Waals surface area contributed by atoms with E-state index in [9.17, 15) is 4.79 Å². The first-order valence-corrected chi connectivity index (χ1v) is 6.33. The molecule has 0 unspecified atom stereocenters. The molecule has 1 aromatic heterocycles. The number of hydrogen-bond acceptors (Lipinski definition) is 3. The summed E-state index contributed by atoms with van der Waals surface area (Å²) in [7, 11) is 1.66. The summed E-state index contributed by atoms with van der Waals surface area (Å²) in [4.78, 5) is 11.6. The van der Waals surface area contributed by atoms with Crippen LogP contribution in [0.15, 0.2) is 30.6 Å². The van der Waals surface area contributed by atoms with Crippen molar-refractivity contribution in [1.29, 1.82) is 0 Å². The zero-order valence-electron chi connectivity index (χ0n) is 11.5.